The van der Waals surface area contributed by atoms with Gasteiger partial charge in [0.15, 0.2) is 0 Å². The molecule has 2 atom stereocenters. The molecule has 0 aliphatic carbocycles. The van der Waals surface area contributed by atoms with Crippen LogP contribution in [0.4, 0.5) is 0 Å². The quantitative estimate of drug-likeness (QED) is 0.375. The summed E-state index contributed by atoms with van der Waals surface area (Å²) in [5.41, 5.74) is 1.76. The lowest BCUT2D eigenvalue weighted by atomic mass is 10.4. The topological polar surface area (TPSA) is 24.1 Å². The third-order valence-electron chi connectivity index (χ3n) is 2.69. The first kappa shape index (κ1) is 13.1. The molecule has 0 aliphatic rings. The van der Waals surface area contributed by atoms with Gasteiger partial charge in [-0.05, 0) is 17.6 Å². The van der Waals surface area contributed by atoms with Crippen molar-refractivity contribution in [1.82, 2.24) is 10.3 Å². The summed E-state index contributed by atoms with van der Waals surface area (Å²) in [5.74, 6) is 0. The molecule has 0 amide bonds. The van der Waals surface area contributed by atoms with Crippen molar-refractivity contribution in [1.29, 1.82) is 0 Å². The number of rotatable bonds is 7. The lowest BCUT2D eigenvalue weighted by Crippen LogP contribution is -2.44. The molecule has 3 heteroatoms. The van der Waals surface area contributed by atoms with E-state index in [0.29, 0.717) is 0 Å². The molecule has 2 nitrogen and oxygen atoms in total. The molecule has 0 heterocycles. The highest BCUT2D eigenvalue weighted by Gasteiger charge is 2.20. The Morgan fingerprint density at radius 3 is 2.15 bits per heavy atom. The Balaban J connectivity index is 3.80. The molecule has 0 aromatic heterocycles. The fourth-order valence-electron chi connectivity index (χ4n) is 1.66. The van der Waals surface area contributed by atoms with Crippen LogP contribution in [0, 0.1) is 0 Å². The van der Waals surface area contributed by atoms with Gasteiger partial charge in [-0.25, -0.2) is 0 Å². The number of nitrogens with one attached hydrogen (secondary N) is 2. The van der Waals surface area contributed by atoms with Crippen molar-refractivity contribution < 1.29 is 0 Å². The van der Waals surface area contributed by atoms with Crippen molar-refractivity contribution in [2.75, 3.05) is 13.2 Å². The summed E-state index contributed by atoms with van der Waals surface area (Å²) in [4.78, 5) is 3.70. The molecule has 13 heavy (non-hydrogen) atoms. The van der Waals surface area contributed by atoms with Crippen LogP contribution in [-0.4, -0.2) is 22.2 Å². The van der Waals surface area contributed by atoms with Crippen LogP contribution in [0.3, 0.4) is 0 Å². The Bertz CT molecular complexity index is 117. The maximum absolute atomic E-state index is 3.70. The van der Waals surface area contributed by atoms with E-state index in [1.165, 1.54) is 6.42 Å². The van der Waals surface area contributed by atoms with E-state index in [1.54, 1.807) is 0 Å². The third kappa shape index (κ3) is 5.44. The number of hydrogen-bond acceptors (Lipinski definition) is 2. The van der Waals surface area contributed by atoms with E-state index < -0.39 is 8.96 Å². The zero-order chi connectivity index (χ0) is 10.3. The van der Waals surface area contributed by atoms with Gasteiger partial charge in [-0.15, -0.1) is 0 Å². The zero-order valence-electron chi connectivity index (χ0n) is 9.85. The summed E-state index contributed by atoms with van der Waals surface area (Å²) in [6.45, 7) is 13.6. The maximum Gasteiger partial charge on any atom is 0.115 e. The van der Waals surface area contributed by atoms with Crippen molar-refractivity contribution in [3.63, 3.8) is 0 Å². The van der Waals surface area contributed by atoms with Gasteiger partial charge in [-0.2, -0.15) is 0 Å². The van der Waals surface area contributed by atoms with Crippen molar-refractivity contribution >= 4 is 8.96 Å². The maximum atomic E-state index is 3.70. The molecular weight excluding hydrogens is 176 g/mol. The second-order valence-electron chi connectivity index (χ2n) is 4.14. The summed E-state index contributed by atoms with van der Waals surface area (Å²) in [6.07, 6.45) is 1.31. The fourth-order valence-corrected chi connectivity index (χ4v) is 4.74. The molecule has 0 saturated carbocycles. The summed E-state index contributed by atoms with van der Waals surface area (Å²) >= 11 is 0. The van der Waals surface area contributed by atoms with Gasteiger partial charge in [0.05, 0.1) is 0 Å². The molecule has 0 fully saturated rings. The molecule has 2 unspecified atom stereocenters. The van der Waals surface area contributed by atoms with Gasteiger partial charge in [0, 0.05) is 6.67 Å². The minimum Gasteiger partial charge on any atom is -0.327 e. The average Bonchev–Trinajstić information content (AvgIpc) is 2.11. The lowest BCUT2D eigenvalue weighted by Gasteiger charge is -2.26. The van der Waals surface area contributed by atoms with E-state index in [2.05, 4.69) is 44.9 Å². The Morgan fingerprint density at radius 1 is 1.15 bits per heavy atom. The van der Waals surface area contributed by atoms with Crippen LogP contribution in [0.2, 0.25) is 11.1 Å². The highest BCUT2D eigenvalue weighted by atomic mass is 28.3. The van der Waals surface area contributed by atoms with Crippen molar-refractivity contribution in [2.45, 2.75) is 52.1 Å². The minimum atomic E-state index is -0.745. The smallest absolute Gasteiger partial charge is 0.115 e. The van der Waals surface area contributed by atoms with Crippen LogP contribution in [0.5, 0.6) is 0 Å². The average molecular weight is 202 g/mol. The van der Waals surface area contributed by atoms with E-state index >= 15 is 0 Å². The molecule has 0 rings (SSSR count). The van der Waals surface area contributed by atoms with Gasteiger partial charge in [-0.3, -0.25) is 0 Å². The van der Waals surface area contributed by atoms with E-state index in [0.717, 1.165) is 24.3 Å². The van der Waals surface area contributed by atoms with Crippen molar-refractivity contribution in [3.05, 3.63) is 0 Å². The Kier molecular flexibility index (Phi) is 7.61. The first-order valence-electron chi connectivity index (χ1n) is 5.57. The highest BCUT2D eigenvalue weighted by Crippen LogP contribution is 2.20. The van der Waals surface area contributed by atoms with E-state index in [1.807, 2.05) is 0 Å². The summed E-state index contributed by atoms with van der Waals surface area (Å²) < 4.78 is 0. The van der Waals surface area contributed by atoms with Crippen LogP contribution in [0.25, 0.3) is 0 Å². The first-order chi connectivity index (χ1) is 6.13. The Hall–Kier alpha value is 0.137. The minimum absolute atomic E-state index is 0.745. The van der Waals surface area contributed by atoms with Crippen LogP contribution >= 0.6 is 0 Å². The standard InChI is InChI=1S/C10H26N2Si/c1-6-10(5)13(9(3)4)12-8-11-7-2/h9-13H,6-8H2,1-5H3. The second-order valence-corrected chi connectivity index (χ2v) is 8.07. The van der Waals surface area contributed by atoms with E-state index in [4.69, 9.17) is 0 Å². The highest BCUT2D eigenvalue weighted by molar-refractivity contribution is 6.59. The summed E-state index contributed by atoms with van der Waals surface area (Å²) in [7, 11) is -0.745. The third-order valence-corrected chi connectivity index (χ3v) is 6.50. The van der Waals surface area contributed by atoms with E-state index in [9.17, 15) is 0 Å². The molecule has 0 aromatic carbocycles. The Morgan fingerprint density at radius 2 is 1.77 bits per heavy atom. The van der Waals surface area contributed by atoms with Crippen LogP contribution in [0.15, 0.2) is 0 Å². The lowest BCUT2D eigenvalue weighted by molar-refractivity contribution is 0.674. The largest absolute Gasteiger partial charge is 0.327 e. The monoisotopic (exact) mass is 202 g/mol. The predicted octanol–water partition coefficient (Wildman–Crippen LogP) is 2.08. The molecule has 2 N–H and O–H groups in total. The zero-order valence-corrected chi connectivity index (χ0v) is 11.0. The predicted molar refractivity (Wildman–Crippen MR) is 63.6 cm³/mol. The van der Waals surface area contributed by atoms with E-state index in [-0.39, 0.29) is 0 Å². The molecule has 0 saturated heterocycles. The van der Waals surface area contributed by atoms with Crippen LogP contribution < -0.4 is 10.3 Å². The van der Waals surface area contributed by atoms with Gasteiger partial charge in [-0.1, -0.05) is 41.0 Å². The normalized spacial score (nSPS) is 16.2. The van der Waals surface area contributed by atoms with Gasteiger partial charge < -0.3 is 10.3 Å². The van der Waals surface area contributed by atoms with Gasteiger partial charge >= 0.3 is 0 Å². The summed E-state index contributed by atoms with van der Waals surface area (Å²) in [6, 6.07) is 0. The molecule has 0 bridgehead atoms. The second kappa shape index (κ2) is 7.53. The number of hydrogen-bond donors (Lipinski definition) is 2. The first-order valence-corrected chi connectivity index (χ1v) is 7.48. The molecule has 0 spiro atoms. The Labute approximate surface area is 85.2 Å². The van der Waals surface area contributed by atoms with Gasteiger partial charge in [0.25, 0.3) is 0 Å². The molecule has 0 radical (unpaired) electrons. The van der Waals surface area contributed by atoms with Crippen LogP contribution in [0.1, 0.15) is 41.0 Å². The molecular formula is C10H26N2Si. The SMILES string of the molecule is CCNCN[SiH](C(C)C)C(C)CC. The molecule has 80 valence electrons. The van der Waals surface area contributed by atoms with Gasteiger partial charge in [0.2, 0.25) is 0 Å². The molecule has 0 aromatic rings. The van der Waals surface area contributed by atoms with Gasteiger partial charge in [0.1, 0.15) is 8.96 Å². The van der Waals surface area contributed by atoms with Crippen LogP contribution in [-0.2, 0) is 0 Å². The molecule has 0 aliphatic heterocycles. The van der Waals surface area contributed by atoms with Crippen molar-refractivity contribution in [3.8, 4) is 0 Å². The summed E-state index contributed by atoms with van der Waals surface area (Å²) in [5, 5.41) is 3.34. The van der Waals surface area contributed by atoms with Crippen molar-refractivity contribution in [2.24, 2.45) is 0 Å². The fraction of sp³-hybridized carbons (Fsp3) is 1.00.